The van der Waals surface area contributed by atoms with Gasteiger partial charge in [0.1, 0.15) is 23.8 Å². The summed E-state index contributed by atoms with van der Waals surface area (Å²) in [6.45, 7) is 2.31. The topological polar surface area (TPSA) is 131 Å². The number of carbonyl (C=O) groups is 4. The van der Waals surface area contributed by atoms with Crippen molar-refractivity contribution in [1.82, 2.24) is 20.9 Å². The van der Waals surface area contributed by atoms with Gasteiger partial charge >= 0.3 is 12.1 Å². The van der Waals surface area contributed by atoms with Gasteiger partial charge in [0.2, 0.25) is 17.7 Å². The lowest BCUT2D eigenvalue weighted by Crippen LogP contribution is -2.61. The number of nitrogens with zero attached hydrogens (tertiary/aromatic N) is 2. The molecule has 2 saturated heterocycles. The number of likely N-dealkylation sites (tertiary alicyclic amines) is 1. The van der Waals surface area contributed by atoms with Crippen LogP contribution in [0.4, 0.5) is 17.6 Å². The Morgan fingerprint density at radius 2 is 1.83 bits per heavy atom. The Labute approximate surface area is 206 Å². The molecule has 13 heteroatoms. The van der Waals surface area contributed by atoms with Gasteiger partial charge in [-0.05, 0) is 57.8 Å². The minimum absolute atomic E-state index is 0.0261. The minimum Gasteiger partial charge on any atom is -0.356 e. The number of halogens is 4. The molecule has 2 heterocycles. The minimum atomic E-state index is -5.33. The number of fused-ring (bicyclic) bond motifs is 1. The largest absolute Gasteiger partial charge is 0.471 e. The predicted octanol–water partition coefficient (Wildman–Crippen LogP) is 1.33. The van der Waals surface area contributed by atoms with Gasteiger partial charge in [-0.3, -0.25) is 19.2 Å². The van der Waals surface area contributed by atoms with Gasteiger partial charge in [-0.25, -0.2) is 4.39 Å². The number of piperidine rings is 1. The molecular weight excluding hydrogens is 486 g/mol. The summed E-state index contributed by atoms with van der Waals surface area (Å²) in [5, 5.41) is 16.3. The number of carbonyl (C=O) groups excluding carboxylic acids is 4. The van der Waals surface area contributed by atoms with Gasteiger partial charge in [0.25, 0.3) is 0 Å². The van der Waals surface area contributed by atoms with Crippen molar-refractivity contribution < 1.29 is 36.7 Å². The summed E-state index contributed by atoms with van der Waals surface area (Å²) in [4.78, 5) is 51.3. The predicted molar refractivity (Wildman–Crippen MR) is 117 cm³/mol. The van der Waals surface area contributed by atoms with E-state index in [1.807, 2.05) is 6.07 Å². The Morgan fingerprint density at radius 3 is 2.42 bits per heavy atom. The number of hydrogen-bond acceptors (Lipinski definition) is 5. The van der Waals surface area contributed by atoms with Crippen LogP contribution in [-0.4, -0.2) is 71.6 Å². The highest BCUT2D eigenvalue weighted by atomic mass is 19.4. The quantitative estimate of drug-likeness (QED) is 0.439. The van der Waals surface area contributed by atoms with Crippen molar-refractivity contribution in [3.05, 3.63) is 0 Å². The lowest BCUT2D eigenvalue weighted by molar-refractivity contribution is -0.176. The molecule has 200 valence electrons. The van der Waals surface area contributed by atoms with Crippen LogP contribution >= 0.6 is 0 Å². The van der Waals surface area contributed by atoms with Gasteiger partial charge in [0, 0.05) is 19.0 Å². The van der Waals surface area contributed by atoms with Crippen LogP contribution in [0.2, 0.25) is 0 Å². The molecular formula is C23H31F4N5O4. The van der Waals surface area contributed by atoms with E-state index in [1.54, 1.807) is 0 Å². The van der Waals surface area contributed by atoms with E-state index in [0.717, 1.165) is 31.6 Å². The first-order valence-electron chi connectivity index (χ1n) is 12.1. The third-order valence-electron chi connectivity index (χ3n) is 7.30. The SMILES string of the molecule is CC(C)(F)[C@H](NC(=O)C(F)(F)F)C(=O)N1C[C@@H]2CCC[C@@H]2C1C(=O)N[C@H](C#N)C[C@@H]1CCCNC1=O. The Balaban J connectivity index is 1.80. The van der Waals surface area contributed by atoms with Crippen LogP contribution in [-0.2, 0) is 19.2 Å². The second kappa shape index (κ2) is 10.6. The molecule has 0 aromatic heterocycles. The first-order valence-corrected chi connectivity index (χ1v) is 12.1. The lowest BCUT2D eigenvalue weighted by Gasteiger charge is -2.34. The van der Waals surface area contributed by atoms with E-state index in [-0.39, 0.29) is 30.7 Å². The summed E-state index contributed by atoms with van der Waals surface area (Å²) in [5.41, 5.74) is -2.56. The molecule has 3 N–H and O–H groups in total. The normalized spacial score (nSPS) is 27.9. The van der Waals surface area contributed by atoms with Crippen LogP contribution in [0, 0.1) is 29.1 Å². The molecule has 2 aliphatic heterocycles. The van der Waals surface area contributed by atoms with Crippen LogP contribution in [0.25, 0.3) is 0 Å². The van der Waals surface area contributed by atoms with Crippen molar-refractivity contribution in [2.24, 2.45) is 17.8 Å². The van der Waals surface area contributed by atoms with Gasteiger partial charge in [-0.2, -0.15) is 18.4 Å². The molecule has 1 unspecified atom stereocenters. The summed E-state index contributed by atoms with van der Waals surface area (Å²) < 4.78 is 53.4. The zero-order valence-electron chi connectivity index (χ0n) is 20.2. The first kappa shape index (κ1) is 27.7. The highest BCUT2D eigenvalue weighted by Gasteiger charge is 2.53. The van der Waals surface area contributed by atoms with E-state index in [2.05, 4.69) is 10.6 Å². The molecule has 0 spiro atoms. The number of amides is 4. The fraction of sp³-hybridized carbons (Fsp3) is 0.783. The molecule has 1 aliphatic carbocycles. The monoisotopic (exact) mass is 517 g/mol. The third-order valence-corrected chi connectivity index (χ3v) is 7.30. The average molecular weight is 518 g/mol. The van der Waals surface area contributed by atoms with Crippen molar-refractivity contribution in [3.8, 4) is 6.07 Å². The van der Waals surface area contributed by atoms with Gasteiger partial charge in [-0.1, -0.05) is 6.42 Å². The standard InChI is InChI=1S/C23H31F4N5O4/c1-22(2,24)17(31-21(36)23(25,26)27)20(35)32-11-13-5-3-7-15(13)16(32)19(34)30-14(10-28)9-12-6-4-8-29-18(12)33/h12-17H,3-9,11H2,1-2H3,(H,29,33)(H,30,34)(H,31,36)/t12-,13-,14-,15-,16?,17+/m0/s1. The Bertz CT molecular complexity index is 929. The van der Waals surface area contributed by atoms with Crippen molar-refractivity contribution in [3.63, 3.8) is 0 Å². The summed E-state index contributed by atoms with van der Waals surface area (Å²) in [5.74, 6) is -5.37. The second-order valence-corrected chi connectivity index (χ2v) is 10.3. The summed E-state index contributed by atoms with van der Waals surface area (Å²) in [6.07, 6.45) is -1.91. The number of rotatable bonds is 7. The average Bonchev–Trinajstić information content (AvgIpc) is 3.37. The molecule has 1 saturated carbocycles. The van der Waals surface area contributed by atoms with E-state index in [9.17, 15) is 42.0 Å². The highest BCUT2D eigenvalue weighted by molar-refractivity contribution is 5.94. The van der Waals surface area contributed by atoms with Crippen LogP contribution in [0.5, 0.6) is 0 Å². The first-order chi connectivity index (χ1) is 16.7. The zero-order chi connectivity index (χ0) is 26.8. The Hall–Kier alpha value is -2.91. The maximum Gasteiger partial charge on any atom is 0.471 e. The van der Waals surface area contributed by atoms with E-state index in [1.165, 1.54) is 5.32 Å². The molecule has 0 aromatic carbocycles. The van der Waals surface area contributed by atoms with E-state index in [0.29, 0.717) is 25.8 Å². The summed E-state index contributed by atoms with van der Waals surface area (Å²) >= 11 is 0. The fourth-order valence-electron chi connectivity index (χ4n) is 5.52. The molecule has 0 bridgehead atoms. The lowest BCUT2D eigenvalue weighted by atomic mass is 9.90. The maximum atomic E-state index is 14.9. The molecule has 6 atom stereocenters. The number of alkyl halides is 4. The molecule has 9 nitrogen and oxygen atoms in total. The summed E-state index contributed by atoms with van der Waals surface area (Å²) in [6, 6.07) is -2.36. The van der Waals surface area contributed by atoms with Gasteiger partial charge in [0.15, 0.2) is 0 Å². The van der Waals surface area contributed by atoms with Gasteiger partial charge in [-0.15, -0.1) is 0 Å². The van der Waals surface area contributed by atoms with Crippen LogP contribution in [0.3, 0.4) is 0 Å². The fourth-order valence-corrected chi connectivity index (χ4v) is 5.52. The highest BCUT2D eigenvalue weighted by Crippen LogP contribution is 2.43. The van der Waals surface area contributed by atoms with Crippen molar-refractivity contribution in [1.29, 1.82) is 5.26 Å². The third kappa shape index (κ3) is 6.07. The van der Waals surface area contributed by atoms with E-state index >= 15 is 0 Å². The molecule has 36 heavy (non-hydrogen) atoms. The van der Waals surface area contributed by atoms with Crippen molar-refractivity contribution in [2.45, 2.75) is 82.3 Å². The zero-order valence-corrected chi connectivity index (χ0v) is 20.2. The molecule has 0 radical (unpaired) electrons. The molecule has 4 amide bonds. The van der Waals surface area contributed by atoms with E-state index in [4.69, 9.17) is 0 Å². The number of nitrogens with one attached hydrogen (secondary N) is 3. The second-order valence-electron chi connectivity index (χ2n) is 10.3. The molecule has 0 aromatic rings. The molecule has 3 fully saturated rings. The molecule has 3 aliphatic rings. The van der Waals surface area contributed by atoms with Crippen LogP contribution < -0.4 is 16.0 Å². The van der Waals surface area contributed by atoms with Crippen LogP contribution in [0.15, 0.2) is 0 Å². The number of nitriles is 1. The maximum absolute atomic E-state index is 14.9. The number of hydrogen-bond donors (Lipinski definition) is 3. The van der Waals surface area contributed by atoms with Gasteiger partial charge < -0.3 is 20.9 Å². The van der Waals surface area contributed by atoms with Crippen molar-refractivity contribution >= 4 is 23.6 Å². The Morgan fingerprint density at radius 1 is 1.14 bits per heavy atom. The van der Waals surface area contributed by atoms with E-state index < -0.39 is 53.6 Å². The van der Waals surface area contributed by atoms with Gasteiger partial charge in [0.05, 0.1) is 6.07 Å². The van der Waals surface area contributed by atoms with Crippen LogP contribution in [0.1, 0.15) is 52.4 Å². The summed E-state index contributed by atoms with van der Waals surface area (Å²) in [7, 11) is 0. The van der Waals surface area contributed by atoms with Crippen molar-refractivity contribution in [2.75, 3.05) is 13.1 Å². The Kier molecular flexibility index (Phi) is 8.15. The molecule has 3 rings (SSSR count). The smallest absolute Gasteiger partial charge is 0.356 e.